The second kappa shape index (κ2) is 11.3. The summed E-state index contributed by atoms with van der Waals surface area (Å²) in [5.74, 6) is 1.37. The molecule has 1 saturated heterocycles. The van der Waals surface area contributed by atoms with E-state index in [1.54, 1.807) is 4.90 Å². The number of quaternary nitrogens is 1. The Morgan fingerprint density at radius 2 is 1.57 bits per heavy atom. The second-order valence-electron chi connectivity index (χ2n) is 7.30. The van der Waals surface area contributed by atoms with Crippen molar-refractivity contribution in [2.45, 2.75) is 32.3 Å². The molecule has 0 radical (unpaired) electrons. The zero-order valence-corrected chi connectivity index (χ0v) is 16.5. The number of carbonyl (C=O) groups is 1. The summed E-state index contributed by atoms with van der Waals surface area (Å²) in [6.45, 7) is 5.00. The van der Waals surface area contributed by atoms with Crippen LogP contribution in [0.15, 0.2) is 54.6 Å². The van der Waals surface area contributed by atoms with Crippen LogP contribution >= 0.6 is 0 Å². The number of hydrogen-bond acceptors (Lipinski definition) is 3. The lowest BCUT2D eigenvalue weighted by molar-refractivity contribution is -0.904. The lowest BCUT2D eigenvalue weighted by atomic mass is 10.1. The Morgan fingerprint density at radius 1 is 0.893 bits per heavy atom. The van der Waals surface area contributed by atoms with Crippen LogP contribution in [0, 0.1) is 0 Å². The minimum absolute atomic E-state index is 0.0425. The van der Waals surface area contributed by atoms with Crippen LogP contribution in [-0.2, 0) is 11.4 Å². The normalized spacial score (nSPS) is 14.4. The van der Waals surface area contributed by atoms with E-state index in [4.69, 9.17) is 9.47 Å². The van der Waals surface area contributed by atoms with Gasteiger partial charge in [-0.15, -0.1) is 0 Å². The highest BCUT2D eigenvalue weighted by Gasteiger charge is 2.12. The predicted octanol–water partition coefficient (Wildman–Crippen LogP) is 2.22. The van der Waals surface area contributed by atoms with Crippen LogP contribution in [0.25, 0.3) is 0 Å². The van der Waals surface area contributed by atoms with Gasteiger partial charge in [-0.1, -0.05) is 30.3 Å². The standard InChI is InChI=1S/C23H30N2O3/c26-23(24-14-7-17-25-15-5-2-6-16-25)19-28-22-12-10-21(11-13-22)27-18-20-8-3-1-4-9-20/h1,3-4,8-13H,2,5-7,14-19H2,(H,24,26)/p+1. The van der Waals surface area contributed by atoms with Crippen molar-refractivity contribution in [1.82, 2.24) is 5.32 Å². The lowest BCUT2D eigenvalue weighted by Crippen LogP contribution is -3.12. The molecule has 1 fully saturated rings. The van der Waals surface area contributed by atoms with E-state index in [9.17, 15) is 4.79 Å². The maximum Gasteiger partial charge on any atom is 0.257 e. The Bertz CT molecular complexity index is 698. The first-order valence-electron chi connectivity index (χ1n) is 10.3. The van der Waals surface area contributed by atoms with Crippen molar-refractivity contribution in [2.24, 2.45) is 0 Å². The molecule has 0 aromatic heterocycles. The van der Waals surface area contributed by atoms with Crippen LogP contribution in [0.5, 0.6) is 11.5 Å². The zero-order valence-electron chi connectivity index (χ0n) is 16.5. The molecular weight excluding hydrogens is 352 g/mol. The summed E-state index contributed by atoms with van der Waals surface area (Å²) in [5, 5.41) is 2.94. The van der Waals surface area contributed by atoms with Crippen molar-refractivity contribution in [3.05, 3.63) is 60.2 Å². The summed E-state index contributed by atoms with van der Waals surface area (Å²) < 4.78 is 11.3. The number of carbonyl (C=O) groups excluding carboxylic acids is 1. The quantitative estimate of drug-likeness (QED) is 0.619. The SMILES string of the molecule is O=C(COc1ccc(OCc2ccccc2)cc1)NCCC[NH+]1CCCCC1. The van der Waals surface area contributed by atoms with Gasteiger partial charge in [0.05, 0.1) is 19.6 Å². The van der Waals surface area contributed by atoms with Crippen molar-refractivity contribution >= 4 is 5.91 Å². The van der Waals surface area contributed by atoms with Gasteiger partial charge in [0.25, 0.3) is 5.91 Å². The molecular formula is C23H31N2O3+. The Labute approximate surface area is 167 Å². The van der Waals surface area contributed by atoms with Crippen molar-refractivity contribution in [3.8, 4) is 11.5 Å². The summed E-state index contributed by atoms with van der Waals surface area (Å²) in [5.41, 5.74) is 1.13. The van der Waals surface area contributed by atoms with Crippen molar-refractivity contribution in [3.63, 3.8) is 0 Å². The van der Waals surface area contributed by atoms with Crippen LogP contribution in [0.4, 0.5) is 0 Å². The van der Waals surface area contributed by atoms with Crippen molar-refractivity contribution < 1.29 is 19.2 Å². The number of hydrogen-bond donors (Lipinski definition) is 2. The molecule has 0 aliphatic carbocycles. The van der Waals surface area contributed by atoms with E-state index in [0.29, 0.717) is 12.4 Å². The third-order valence-electron chi connectivity index (χ3n) is 5.03. The van der Waals surface area contributed by atoms with Crippen molar-refractivity contribution in [1.29, 1.82) is 0 Å². The van der Waals surface area contributed by atoms with Gasteiger partial charge in [-0.25, -0.2) is 0 Å². The molecule has 0 saturated carbocycles. The zero-order chi connectivity index (χ0) is 19.4. The molecule has 28 heavy (non-hydrogen) atoms. The molecule has 5 nitrogen and oxygen atoms in total. The number of rotatable bonds is 10. The van der Waals surface area contributed by atoms with Crippen LogP contribution in [0.1, 0.15) is 31.2 Å². The Balaban J connectivity index is 1.29. The number of piperidine rings is 1. The summed E-state index contributed by atoms with van der Waals surface area (Å²) in [6.07, 6.45) is 5.07. The molecule has 150 valence electrons. The highest BCUT2D eigenvalue weighted by molar-refractivity contribution is 5.77. The predicted molar refractivity (Wildman–Crippen MR) is 110 cm³/mol. The van der Waals surface area contributed by atoms with E-state index in [1.165, 1.54) is 32.4 Å². The van der Waals surface area contributed by atoms with Gasteiger partial charge in [0.15, 0.2) is 6.61 Å². The van der Waals surface area contributed by atoms with Gasteiger partial charge < -0.3 is 19.7 Å². The molecule has 0 atom stereocenters. The third kappa shape index (κ3) is 7.24. The maximum absolute atomic E-state index is 11.9. The highest BCUT2D eigenvalue weighted by Crippen LogP contribution is 2.18. The average molecular weight is 384 g/mol. The Morgan fingerprint density at radius 3 is 2.29 bits per heavy atom. The van der Waals surface area contributed by atoms with Gasteiger partial charge in [0.1, 0.15) is 18.1 Å². The summed E-state index contributed by atoms with van der Waals surface area (Å²) in [7, 11) is 0. The molecule has 2 N–H and O–H groups in total. The second-order valence-corrected chi connectivity index (χ2v) is 7.30. The molecule has 5 heteroatoms. The van der Waals surface area contributed by atoms with E-state index in [1.807, 2.05) is 54.6 Å². The average Bonchev–Trinajstić information content (AvgIpc) is 2.76. The fourth-order valence-corrected chi connectivity index (χ4v) is 3.44. The Hall–Kier alpha value is -2.53. The number of ether oxygens (including phenoxy) is 2. The van der Waals surface area contributed by atoms with E-state index in [0.717, 1.165) is 30.8 Å². The van der Waals surface area contributed by atoms with Gasteiger partial charge in [-0.3, -0.25) is 4.79 Å². The lowest BCUT2D eigenvalue weighted by Gasteiger charge is -2.23. The minimum Gasteiger partial charge on any atom is -0.489 e. The van der Waals surface area contributed by atoms with E-state index < -0.39 is 0 Å². The fraction of sp³-hybridized carbons (Fsp3) is 0.435. The van der Waals surface area contributed by atoms with E-state index in [-0.39, 0.29) is 12.5 Å². The first-order chi connectivity index (χ1) is 13.8. The van der Waals surface area contributed by atoms with Crippen molar-refractivity contribution in [2.75, 3.05) is 32.8 Å². The first-order valence-corrected chi connectivity index (χ1v) is 10.3. The molecule has 1 aliphatic heterocycles. The van der Waals surface area contributed by atoms with Gasteiger partial charge in [0, 0.05) is 13.0 Å². The van der Waals surface area contributed by atoms with Gasteiger partial charge >= 0.3 is 0 Å². The molecule has 0 unspecified atom stereocenters. The number of likely N-dealkylation sites (tertiary alicyclic amines) is 1. The largest absolute Gasteiger partial charge is 0.489 e. The first kappa shape index (κ1) is 20.2. The topological polar surface area (TPSA) is 52.0 Å². The number of amides is 1. The summed E-state index contributed by atoms with van der Waals surface area (Å²) in [6, 6.07) is 17.4. The molecule has 1 aliphatic rings. The number of nitrogens with one attached hydrogen (secondary N) is 2. The molecule has 3 rings (SSSR count). The van der Waals surface area contributed by atoms with Crippen LogP contribution in [-0.4, -0.2) is 38.7 Å². The fourth-order valence-electron chi connectivity index (χ4n) is 3.44. The van der Waals surface area contributed by atoms with Crippen LogP contribution in [0.3, 0.4) is 0 Å². The van der Waals surface area contributed by atoms with Gasteiger partial charge in [-0.05, 0) is 49.1 Å². The van der Waals surface area contributed by atoms with Gasteiger partial charge in [0.2, 0.25) is 0 Å². The minimum atomic E-state index is -0.0713. The van der Waals surface area contributed by atoms with Gasteiger partial charge in [-0.2, -0.15) is 0 Å². The maximum atomic E-state index is 11.9. The van der Waals surface area contributed by atoms with Crippen LogP contribution < -0.4 is 19.7 Å². The third-order valence-corrected chi connectivity index (χ3v) is 5.03. The molecule has 0 bridgehead atoms. The molecule has 0 spiro atoms. The smallest absolute Gasteiger partial charge is 0.257 e. The van der Waals surface area contributed by atoms with E-state index >= 15 is 0 Å². The number of benzene rings is 2. The molecule has 2 aromatic carbocycles. The monoisotopic (exact) mass is 383 g/mol. The van der Waals surface area contributed by atoms with Crippen LogP contribution in [0.2, 0.25) is 0 Å². The summed E-state index contributed by atoms with van der Waals surface area (Å²) >= 11 is 0. The molecule has 2 aromatic rings. The van der Waals surface area contributed by atoms with E-state index in [2.05, 4.69) is 5.32 Å². The molecule has 1 heterocycles. The Kier molecular flexibility index (Phi) is 8.19. The molecule has 1 amide bonds. The summed E-state index contributed by atoms with van der Waals surface area (Å²) in [4.78, 5) is 13.6. The highest BCUT2D eigenvalue weighted by atomic mass is 16.5.